The van der Waals surface area contributed by atoms with Crippen molar-refractivity contribution in [3.05, 3.63) is 29.2 Å². The molecule has 1 aromatic carbocycles. The number of aryl methyl sites for hydroxylation is 1. The van der Waals surface area contributed by atoms with Gasteiger partial charge in [-0.2, -0.15) is 5.10 Å². The molecule has 1 saturated heterocycles. The van der Waals surface area contributed by atoms with Crippen LogP contribution in [0.4, 0.5) is 9.39 Å². The zero-order chi connectivity index (χ0) is 17.8. The van der Waals surface area contributed by atoms with E-state index in [1.54, 1.807) is 23.1 Å². The molecule has 4 aromatic rings. The van der Waals surface area contributed by atoms with Gasteiger partial charge in [0.05, 0.1) is 9.72 Å². The molecule has 0 unspecified atom stereocenters. The molecule has 1 aliphatic heterocycles. The predicted molar refractivity (Wildman–Crippen MR) is 107 cm³/mol. The molecule has 0 aliphatic carbocycles. The van der Waals surface area contributed by atoms with Gasteiger partial charge in [0.2, 0.25) is 0 Å². The van der Waals surface area contributed by atoms with Crippen molar-refractivity contribution < 1.29 is 4.39 Å². The summed E-state index contributed by atoms with van der Waals surface area (Å²) in [5.41, 5.74) is 1.14. The Morgan fingerprint density at radius 1 is 1.23 bits per heavy atom. The highest BCUT2D eigenvalue weighted by molar-refractivity contribution is 7.31. The summed E-state index contributed by atoms with van der Waals surface area (Å²) in [6.45, 7) is 3.82. The van der Waals surface area contributed by atoms with Crippen LogP contribution < -0.4 is 10.2 Å². The summed E-state index contributed by atoms with van der Waals surface area (Å²) in [6.07, 6.45) is 1.81. The minimum absolute atomic E-state index is 0.329. The van der Waals surface area contributed by atoms with Gasteiger partial charge in [-0.15, -0.1) is 11.3 Å². The topological polar surface area (TPSA) is 46.0 Å². The van der Waals surface area contributed by atoms with Gasteiger partial charge < -0.3 is 10.2 Å². The third-order valence-electron chi connectivity index (χ3n) is 4.50. The number of nitrogens with zero attached hydrogens (tertiary/aromatic N) is 4. The predicted octanol–water partition coefficient (Wildman–Crippen LogP) is 4.11. The van der Waals surface area contributed by atoms with E-state index in [4.69, 9.17) is 16.6 Å². The monoisotopic (exact) mass is 407 g/mol. The van der Waals surface area contributed by atoms with Crippen LogP contribution in [-0.2, 0) is 7.05 Å². The summed E-state index contributed by atoms with van der Waals surface area (Å²) in [5.74, 6) is -0.329. The molecular formula is C17H15ClFN5S2. The number of fused-ring (bicyclic) bond motifs is 2. The molecule has 0 saturated carbocycles. The molecule has 134 valence electrons. The largest absolute Gasteiger partial charge is 0.360 e. The van der Waals surface area contributed by atoms with Crippen LogP contribution in [0, 0.1) is 5.82 Å². The van der Waals surface area contributed by atoms with E-state index in [2.05, 4.69) is 15.3 Å². The second-order valence-corrected chi connectivity index (χ2v) is 8.66. The molecule has 5 nitrogen and oxygen atoms in total. The molecular weight excluding hydrogens is 393 g/mol. The number of rotatable bonds is 2. The number of piperazine rings is 1. The van der Waals surface area contributed by atoms with Crippen molar-refractivity contribution in [1.29, 1.82) is 0 Å². The van der Waals surface area contributed by atoms with Crippen molar-refractivity contribution in [1.82, 2.24) is 20.1 Å². The van der Waals surface area contributed by atoms with E-state index in [1.165, 1.54) is 17.4 Å². The fourth-order valence-corrected chi connectivity index (χ4v) is 6.05. The zero-order valence-electron chi connectivity index (χ0n) is 13.9. The van der Waals surface area contributed by atoms with E-state index in [-0.39, 0.29) is 5.82 Å². The molecule has 26 heavy (non-hydrogen) atoms. The molecule has 0 bridgehead atoms. The van der Waals surface area contributed by atoms with Crippen molar-refractivity contribution in [2.45, 2.75) is 0 Å². The Hall–Kier alpha value is -1.74. The molecule has 1 N–H and O–H groups in total. The number of nitrogens with one attached hydrogen (secondary N) is 1. The fourth-order valence-electron chi connectivity index (χ4n) is 3.28. The maximum atomic E-state index is 14.4. The third kappa shape index (κ3) is 2.60. The molecule has 3 aromatic heterocycles. The van der Waals surface area contributed by atoms with Gasteiger partial charge in [0.1, 0.15) is 20.4 Å². The standard InChI is InChI=1S/C17H15ClFN5S2/c1-23-8-10-6-9(7-11(19)13(10)22-23)15-21-16-14(25-15)12(18)17(26-16)24-4-2-20-3-5-24/h6-8,20H,2-5H2,1H3. The first-order valence-corrected chi connectivity index (χ1v) is 10.3. The summed E-state index contributed by atoms with van der Waals surface area (Å²) in [7, 11) is 1.79. The van der Waals surface area contributed by atoms with Gasteiger partial charge in [0.25, 0.3) is 0 Å². The van der Waals surface area contributed by atoms with Crippen molar-refractivity contribution in [3.8, 4) is 10.6 Å². The summed E-state index contributed by atoms with van der Waals surface area (Å²) in [6, 6.07) is 3.43. The number of thiazole rings is 1. The van der Waals surface area contributed by atoms with E-state index >= 15 is 0 Å². The minimum Gasteiger partial charge on any atom is -0.360 e. The molecule has 0 amide bonds. The van der Waals surface area contributed by atoms with E-state index in [0.717, 1.165) is 61.7 Å². The number of hydrogen-bond acceptors (Lipinski definition) is 6. The lowest BCUT2D eigenvalue weighted by Crippen LogP contribution is -2.43. The Kier molecular flexibility index (Phi) is 3.89. The third-order valence-corrected chi connectivity index (χ3v) is 7.49. The number of benzene rings is 1. The normalized spacial score (nSPS) is 15.4. The summed E-state index contributed by atoms with van der Waals surface area (Å²) in [5, 5.41) is 10.9. The second-order valence-electron chi connectivity index (χ2n) is 6.31. The van der Waals surface area contributed by atoms with E-state index in [9.17, 15) is 4.39 Å². The molecule has 0 atom stereocenters. The van der Waals surface area contributed by atoms with Gasteiger partial charge in [0, 0.05) is 50.4 Å². The Balaban J connectivity index is 1.58. The summed E-state index contributed by atoms with van der Waals surface area (Å²) >= 11 is 9.78. The van der Waals surface area contributed by atoms with Gasteiger partial charge in [-0.05, 0) is 12.1 Å². The van der Waals surface area contributed by atoms with Gasteiger partial charge in [-0.25, -0.2) is 9.37 Å². The number of hydrogen-bond donors (Lipinski definition) is 1. The van der Waals surface area contributed by atoms with Crippen LogP contribution in [0.3, 0.4) is 0 Å². The smallest absolute Gasteiger partial charge is 0.152 e. The first-order chi connectivity index (χ1) is 12.6. The molecule has 0 spiro atoms. The highest BCUT2D eigenvalue weighted by Gasteiger charge is 2.22. The molecule has 1 aliphatic rings. The van der Waals surface area contributed by atoms with Crippen molar-refractivity contribution in [2.24, 2.45) is 7.05 Å². The second kappa shape index (κ2) is 6.16. The zero-order valence-corrected chi connectivity index (χ0v) is 16.3. The van der Waals surface area contributed by atoms with Crippen LogP contribution in [0.15, 0.2) is 18.3 Å². The van der Waals surface area contributed by atoms with Crippen LogP contribution in [0.2, 0.25) is 5.02 Å². The maximum absolute atomic E-state index is 14.4. The first-order valence-electron chi connectivity index (χ1n) is 8.28. The van der Waals surface area contributed by atoms with Gasteiger partial charge >= 0.3 is 0 Å². The van der Waals surface area contributed by atoms with Crippen LogP contribution in [0.5, 0.6) is 0 Å². The van der Waals surface area contributed by atoms with Crippen LogP contribution in [0.1, 0.15) is 0 Å². The number of halogens is 2. The minimum atomic E-state index is -0.329. The van der Waals surface area contributed by atoms with Crippen LogP contribution >= 0.6 is 34.3 Å². The molecule has 9 heteroatoms. The maximum Gasteiger partial charge on any atom is 0.152 e. The lowest BCUT2D eigenvalue weighted by Gasteiger charge is -2.28. The average molecular weight is 408 g/mol. The Bertz CT molecular complexity index is 1130. The summed E-state index contributed by atoms with van der Waals surface area (Å²) in [4.78, 5) is 7.95. The average Bonchev–Trinajstić information content (AvgIpc) is 3.30. The highest BCUT2D eigenvalue weighted by atomic mass is 35.5. The Morgan fingerprint density at radius 3 is 2.81 bits per heavy atom. The van der Waals surface area contributed by atoms with Gasteiger partial charge in [-0.1, -0.05) is 22.9 Å². The van der Waals surface area contributed by atoms with Crippen molar-refractivity contribution in [3.63, 3.8) is 0 Å². The van der Waals surface area contributed by atoms with Crippen molar-refractivity contribution >= 4 is 59.7 Å². The summed E-state index contributed by atoms with van der Waals surface area (Å²) < 4.78 is 17.0. The molecule has 0 radical (unpaired) electrons. The van der Waals surface area contributed by atoms with Crippen LogP contribution in [0.25, 0.3) is 31.0 Å². The molecule has 1 fully saturated rings. The highest BCUT2D eigenvalue weighted by Crippen LogP contribution is 2.46. The number of aromatic nitrogens is 3. The van der Waals surface area contributed by atoms with E-state index < -0.39 is 0 Å². The van der Waals surface area contributed by atoms with Crippen molar-refractivity contribution in [2.75, 3.05) is 31.1 Å². The lowest BCUT2D eigenvalue weighted by molar-refractivity contribution is 0.592. The number of thiophene rings is 1. The Labute approximate surface area is 162 Å². The van der Waals surface area contributed by atoms with E-state index in [0.29, 0.717) is 5.52 Å². The first kappa shape index (κ1) is 16.4. The lowest BCUT2D eigenvalue weighted by atomic mass is 10.1. The number of anilines is 1. The SMILES string of the molecule is Cn1cc2cc(-c3nc4sc(N5CCNCC5)c(Cl)c4s3)cc(F)c2n1. The van der Waals surface area contributed by atoms with Crippen LogP contribution in [-0.4, -0.2) is 40.9 Å². The fraction of sp³-hybridized carbons (Fsp3) is 0.294. The Morgan fingerprint density at radius 2 is 2.04 bits per heavy atom. The molecule has 5 rings (SSSR count). The quantitative estimate of drug-likeness (QED) is 0.543. The van der Waals surface area contributed by atoms with E-state index in [1.807, 2.05) is 12.3 Å². The van der Waals surface area contributed by atoms with Gasteiger partial charge in [-0.3, -0.25) is 4.68 Å². The molecule has 4 heterocycles. The van der Waals surface area contributed by atoms with Gasteiger partial charge in [0.15, 0.2) is 5.82 Å².